The van der Waals surface area contributed by atoms with Crippen LogP contribution in [0, 0.1) is 0 Å². The highest BCUT2D eigenvalue weighted by atomic mass is 16.3. The SMILES string of the molecule is CC(C)(O)CC1NC(=O)C2CCCN2C1=O. The largest absolute Gasteiger partial charge is 0.390 e. The standard InChI is InChI=1S/C11H18N2O3/c1-11(2,16)6-7-10(15)13-5-3-4-8(13)9(14)12-7/h7-8,16H,3-6H2,1-2H3,(H,12,14). The molecule has 0 aromatic heterocycles. The molecule has 2 aliphatic rings. The summed E-state index contributed by atoms with van der Waals surface area (Å²) in [5.74, 6) is -0.129. The number of hydrogen-bond donors (Lipinski definition) is 2. The summed E-state index contributed by atoms with van der Waals surface area (Å²) in [6.07, 6.45) is 1.91. The Hall–Kier alpha value is -1.10. The van der Waals surface area contributed by atoms with Gasteiger partial charge in [0.15, 0.2) is 0 Å². The Kier molecular flexibility index (Phi) is 2.66. The first kappa shape index (κ1) is 11.4. The number of carbonyl (C=O) groups is 2. The van der Waals surface area contributed by atoms with Crippen LogP contribution in [-0.2, 0) is 9.59 Å². The van der Waals surface area contributed by atoms with Crippen molar-refractivity contribution in [3.63, 3.8) is 0 Å². The zero-order valence-corrected chi connectivity index (χ0v) is 9.69. The summed E-state index contributed by atoms with van der Waals surface area (Å²) in [5.41, 5.74) is -0.944. The molecule has 5 nitrogen and oxygen atoms in total. The Morgan fingerprint density at radius 3 is 2.81 bits per heavy atom. The molecular weight excluding hydrogens is 208 g/mol. The van der Waals surface area contributed by atoms with E-state index in [4.69, 9.17) is 0 Å². The molecule has 5 heteroatoms. The van der Waals surface area contributed by atoms with Crippen molar-refractivity contribution in [2.24, 2.45) is 0 Å². The van der Waals surface area contributed by atoms with Gasteiger partial charge in [-0.25, -0.2) is 0 Å². The molecule has 0 spiro atoms. The molecule has 2 N–H and O–H groups in total. The van der Waals surface area contributed by atoms with Crippen molar-refractivity contribution < 1.29 is 14.7 Å². The van der Waals surface area contributed by atoms with Crippen molar-refractivity contribution >= 4 is 11.8 Å². The van der Waals surface area contributed by atoms with Gasteiger partial charge in [-0.1, -0.05) is 0 Å². The minimum Gasteiger partial charge on any atom is -0.390 e. The lowest BCUT2D eigenvalue weighted by molar-refractivity contribution is -0.148. The molecule has 0 aromatic rings. The van der Waals surface area contributed by atoms with Crippen LogP contribution in [0.25, 0.3) is 0 Å². The third kappa shape index (κ3) is 2.04. The van der Waals surface area contributed by atoms with E-state index in [9.17, 15) is 14.7 Å². The Balaban J connectivity index is 2.11. The number of piperazine rings is 1. The maximum atomic E-state index is 12.0. The van der Waals surface area contributed by atoms with Crippen LogP contribution in [0.15, 0.2) is 0 Å². The number of hydrogen-bond acceptors (Lipinski definition) is 3. The maximum Gasteiger partial charge on any atom is 0.245 e. The second kappa shape index (κ2) is 3.73. The molecule has 0 saturated carbocycles. The quantitative estimate of drug-likeness (QED) is 0.675. The summed E-state index contributed by atoms with van der Waals surface area (Å²) in [7, 11) is 0. The van der Waals surface area contributed by atoms with E-state index in [0.29, 0.717) is 6.54 Å². The van der Waals surface area contributed by atoms with Gasteiger partial charge in [-0.15, -0.1) is 0 Å². The fourth-order valence-electron chi connectivity index (χ4n) is 2.47. The van der Waals surface area contributed by atoms with Crippen LogP contribution in [0.4, 0.5) is 0 Å². The molecule has 0 aliphatic carbocycles. The number of fused-ring (bicyclic) bond motifs is 1. The topological polar surface area (TPSA) is 69.6 Å². The maximum absolute atomic E-state index is 12.0. The molecule has 2 heterocycles. The Morgan fingerprint density at radius 2 is 2.19 bits per heavy atom. The van der Waals surface area contributed by atoms with Crippen molar-refractivity contribution in [2.75, 3.05) is 6.54 Å². The Bertz CT molecular complexity index is 322. The number of nitrogens with one attached hydrogen (secondary N) is 1. The highest BCUT2D eigenvalue weighted by molar-refractivity contribution is 5.97. The summed E-state index contributed by atoms with van der Waals surface area (Å²) in [4.78, 5) is 25.4. The van der Waals surface area contributed by atoms with Gasteiger partial charge in [-0.3, -0.25) is 9.59 Å². The van der Waals surface area contributed by atoms with E-state index in [2.05, 4.69) is 5.32 Å². The predicted molar refractivity (Wildman–Crippen MR) is 57.6 cm³/mol. The van der Waals surface area contributed by atoms with E-state index < -0.39 is 11.6 Å². The van der Waals surface area contributed by atoms with Crippen LogP contribution in [-0.4, -0.2) is 46.1 Å². The molecule has 2 fully saturated rings. The Morgan fingerprint density at radius 1 is 1.50 bits per heavy atom. The van der Waals surface area contributed by atoms with Gasteiger partial charge in [0.2, 0.25) is 11.8 Å². The van der Waals surface area contributed by atoms with E-state index in [1.807, 2.05) is 0 Å². The summed E-state index contributed by atoms with van der Waals surface area (Å²) in [6.45, 7) is 3.95. The number of amides is 2. The lowest BCUT2D eigenvalue weighted by Gasteiger charge is -2.36. The molecule has 2 atom stereocenters. The van der Waals surface area contributed by atoms with E-state index in [0.717, 1.165) is 12.8 Å². The molecule has 0 bridgehead atoms. The summed E-state index contributed by atoms with van der Waals surface area (Å²) in [6, 6.07) is -0.840. The zero-order chi connectivity index (χ0) is 11.9. The molecule has 90 valence electrons. The van der Waals surface area contributed by atoms with Crippen molar-refractivity contribution in [1.29, 1.82) is 0 Å². The Labute approximate surface area is 94.8 Å². The molecule has 0 radical (unpaired) electrons. The smallest absolute Gasteiger partial charge is 0.245 e. The van der Waals surface area contributed by atoms with Crippen molar-refractivity contribution in [2.45, 2.75) is 50.8 Å². The van der Waals surface area contributed by atoms with Crippen molar-refractivity contribution in [1.82, 2.24) is 10.2 Å². The number of rotatable bonds is 2. The fourth-order valence-corrected chi connectivity index (χ4v) is 2.47. The average Bonchev–Trinajstić information content (AvgIpc) is 2.60. The van der Waals surface area contributed by atoms with Crippen LogP contribution in [0.5, 0.6) is 0 Å². The number of carbonyl (C=O) groups excluding carboxylic acids is 2. The van der Waals surface area contributed by atoms with E-state index in [1.165, 1.54) is 0 Å². The molecule has 2 rings (SSSR count). The fraction of sp³-hybridized carbons (Fsp3) is 0.818. The summed E-state index contributed by atoms with van der Waals surface area (Å²) < 4.78 is 0. The highest BCUT2D eigenvalue weighted by Crippen LogP contribution is 2.24. The van der Waals surface area contributed by atoms with Crippen molar-refractivity contribution in [3.8, 4) is 0 Å². The average molecular weight is 226 g/mol. The van der Waals surface area contributed by atoms with E-state index in [1.54, 1.807) is 18.7 Å². The van der Waals surface area contributed by atoms with Crippen LogP contribution >= 0.6 is 0 Å². The van der Waals surface area contributed by atoms with Gasteiger partial charge >= 0.3 is 0 Å². The molecule has 2 aliphatic heterocycles. The van der Waals surface area contributed by atoms with E-state index in [-0.39, 0.29) is 24.3 Å². The monoisotopic (exact) mass is 226 g/mol. The first-order valence-electron chi connectivity index (χ1n) is 5.72. The molecule has 2 amide bonds. The lowest BCUT2D eigenvalue weighted by atomic mass is 9.96. The minimum absolute atomic E-state index is 0.0516. The normalized spacial score (nSPS) is 30.3. The van der Waals surface area contributed by atoms with E-state index >= 15 is 0 Å². The third-order valence-electron chi connectivity index (χ3n) is 3.16. The highest BCUT2D eigenvalue weighted by Gasteiger charge is 2.44. The van der Waals surface area contributed by atoms with Gasteiger partial charge < -0.3 is 15.3 Å². The number of nitrogens with zero attached hydrogens (tertiary/aromatic N) is 1. The second-order valence-corrected chi connectivity index (χ2v) is 5.27. The van der Waals surface area contributed by atoms with Gasteiger partial charge in [0.25, 0.3) is 0 Å². The molecule has 0 aromatic carbocycles. The van der Waals surface area contributed by atoms with Gasteiger partial charge in [0.05, 0.1) is 5.60 Å². The molecule has 16 heavy (non-hydrogen) atoms. The predicted octanol–water partition coefficient (Wildman–Crippen LogP) is -0.363. The zero-order valence-electron chi connectivity index (χ0n) is 9.69. The molecule has 2 unspecified atom stereocenters. The number of aliphatic hydroxyl groups is 1. The van der Waals surface area contributed by atoms with Gasteiger partial charge in [0, 0.05) is 13.0 Å². The van der Waals surface area contributed by atoms with Crippen LogP contribution in [0.3, 0.4) is 0 Å². The summed E-state index contributed by atoms with van der Waals surface area (Å²) in [5, 5.41) is 12.4. The first-order valence-corrected chi connectivity index (χ1v) is 5.72. The van der Waals surface area contributed by atoms with Gasteiger partial charge in [-0.2, -0.15) is 0 Å². The third-order valence-corrected chi connectivity index (χ3v) is 3.16. The van der Waals surface area contributed by atoms with Crippen LogP contribution in [0.2, 0.25) is 0 Å². The minimum atomic E-state index is -0.944. The van der Waals surface area contributed by atoms with Crippen molar-refractivity contribution in [3.05, 3.63) is 0 Å². The van der Waals surface area contributed by atoms with Crippen LogP contribution in [0.1, 0.15) is 33.1 Å². The van der Waals surface area contributed by atoms with Gasteiger partial charge in [-0.05, 0) is 26.7 Å². The second-order valence-electron chi connectivity index (χ2n) is 5.27. The first-order chi connectivity index (χ1) is 7.38. The molecule has 2 saturated heterocycles. The molecular formula is C11H18N2O3. The van der Waals surface area contributed by atoms with Gasteiger partial charge in [0.1, 0.15) is 12.1 Å². The lowest BCUT2D eigenvalue weighted by Crippen LogP contribution is -2.62. The van der Waals surface area contributed by atoms with Crippen LogP contribution < -0.4 is 5.32 Å². The summed E-state index contributed by atoms with van der Waals surface area (Å²) >= 11 is 0.